The molecule has 0 spiro atoms. The smallest absolute Gasteiger partial charge is 0.151 e. The topological polar surface area (TPSA) is 143 Å². The van der Waals surface area contributed by atoms with Crippen LogP contribution in [0.25, 0.3) is 0 Å². The van der Waals surface area contributed by atoms with Gasteiger partial charge in [-0.15, -0.1) is 11.5 Å². The van der Waals surface area contributed by atoms with Gasteiger partial charge < -0.3 is 21.2 Å². The van der Waals surface area contributed by atoms with Gasteiger partial charge in [0.2, 0.25) is 0 Å². The summed E-state index contributed by atoms with van der Waals surface area (Å²) in [6.45, 7) is 5.39. The molecule has 17 heavy (non-hydrogen) atoms. The number of allylic oxidation sites excluding steroid dienone is 4. The molecule has 6 nitrogen and oxygen atoms in total. The summed E-state index contributed by atoms with van der Waals surface area (Å²) >= 11 is 0. The predicted molar refractivity (Wildman–Crippen MR) is 56.1 cm³/mol. The van der Waals surface area contributed by atoms with Crippen LogP contribution in [0.3, 0.4) is 0 Å². The Bertz CT molecular complexity index is 234. The van der Waals surface area contributed by atoms with E-state index in [0.29, 0.717) is 0 Å². The molecule has 105 valence electrons. The second-order valence-corrected chi connectivity index (χ2v) is 2.73. The minimum absolute atomic E-state index is 0. The van der Waals surface area contributed by atoms with Crippen LogP contribution in [0.2, 0.25) is 0 Å². The molecule has 0 rings (SSSR count). The molecule has 0 aliphatic heterocycles. The second kappa shape index (κ2) is 17.2. The van der Waals surface area contributed by atoms with E-state index in [1.54, 1.807) is 0 Å². The maximum absolute atomic E-state index is 9.98. The first-order valence-electron chi connectivity index (χ1n) is 3.97. The fraction of sp³-hybridized carbons (Fsp3) is 0.400. The van der Waals surface area contributed by atoms with Gasteiger partial charge in [-0.1, -0.05) is 13.8 Å². The first kappa shape index (κ1) is 29.7. The van der Waals surface area contributed by atoms with Crippen molar-refractivity contribution in [1.82, 2.24) is 0 Å². The van der Waals surface area contributed by atoms with Gasteiger partial charge in [0.25, 0.3) is 0 Å². The predicted octanol–water partition coefficient (Wildman–Crippen LogP) is -1.97. The molecule has 0 aromatic rings. The number of carbonyl (C=O) groups is 2. The van der Waals surface area contributed by atoms with Gasteiger partial charge in [-0.3, -0.25) is 9.59 Å². The normalized spacial score (nSPS) is 9.41. The van der Waals surface area contributed by atoms with Crippen LogP contribution in [0.5, 0.6) is 0 Å². The number of carbonyl (C=O) groups excluding carboxylic acids is 2. The van der Waals surface area contributed by atoms with E-state index in [9.17, 15) is 19.8 Å². The van der Waals surface area contributed by atoms with Gasteiger partial charge in [-0.2, -0.15) is 0 Å². The third-order valence-electron chi connectivity index (χ3n) is 0.813. The third-order valence-corrected chi connectivity index (χ3v) is 0.813. The fourth-order valence-electron chi connectivity index (χ4n) is 0.572. The molecule has 0 fully saturated rings. The van der Waals surface area contributed by atoms with Crippen LogP contribution in [0.1, 0.15) is 27.7 Å². The van der Waals surface area contributed by atoms with Gasteiger partial charge in [-0.25, -0.2) is 0 Å². The van der Waals surface area contributed by atoms with Crippen LogP contribution in [0.4, 0.5) is 0 Å². The molecular formula is C10H18CoO6-2. The van der Waals surface area contributed by atoms with Crippen molar-refractivity contribution in [3.05, 3.63) is 23.7 Å². The molecule has 4 N–H and O–H groups in total. The zero-order chi connectivity index (χ0) is 11.7. The molecule has 0 saturated carbocycles. The average molecular weight is 293 g/mol. The van der Waals surface area contributed by atoms with Gasteiger partial charge in [0.05, 0.1) is 0 Å². The van der Waals surface area contributed by atoms with Crippen LogP contribution in [-0.4, -0.2) is 22.5 Å². The Balaban J connectivity index is -0.0000000480. The summed E-state index contributed by atoms with van der Waals surface area (Å²) < 4.78 is 0. The first-order chi connectivity index (χ1) is 6.25. The second-order valence-electron chi connectivity index (χ2n) is 2.73. The minimum Gasteiger partial charge on any atom is -0.876 e. The quantitative estimate of drug-likeness (QED) is 0.429. The molecule has 0 aliphatic rings. The SMILES string of the molecule is CC(=O)/C=C(/C)[O-].CC(=O)/C=C(/C)[O-].O.O.[Co]. The molecule has 0 atom stereocenters. The summed E-state index contributed by atoms with van der Waals surface area (Å²) in [5.74, 6) is -0.750. The van der Waals surface area contributed by atoms with Crippen LogP contribution in [0.15, 0.2) is 23.7 Å². The molecule has 0 amide bonds. The van der Waals surface area contributed by atoms with Gasteiger partial charge in [-0.05, 0) is 26.0 Å². The van der Waals surface area contributed by atoms with Crippen LogP contribution >= 0.6 is 0 Å². The van der Waals surface area contributed by atoms with E-state index in [-0.39, 0.29) is 50.8 Å². The first-order valence-corrected chi connectivity index (χ1v) is 3.97. The monoisotopic (exact) mass is 293 g/mol. The van der Waals surface area contributed by atoms with E-state index in [1.807, 2.05) is 0 Å². The zero-order valence-electron chi connectivity index (χ0n) is 10.1. The maximum Gasteiger partial charge on any atom is 0.151 e. The van der Waals surface area contributed by atoms with Crippen molar-refractivity contribution in [2.24, 2.45) is 0 Å². The van der Waals surface area contributed by atoms with Crippen LogP contribution in [-0.2, 0) is 26.4 Å². The Morgan fingerprint density at radius 1 is 0.765 bits per heavy atom. The standard InChI is InChI=1S/2C5H8O2.Co.2H2O/c2*1-4(6)3-5(2)7;;;/h2*3,6H,1-2H3;;2*1H2/p-2/b2*4-3-;;;. The van der Waals surface area contributed by atoms with Gasteiger partial charge >= 0.3 is 0 Å². The van der Waals surface area contributed by atoms with Gasteiger partial charge in [0.1, 0.15) is 0 Å². The molecular weight excluding hydrogens is 275 g/mol. The molecule has 0 unspecified atom stereocenters. The van der Waals surface area contributed by atoms with E-state index in [0.717, 1.165) is 12.2 Å². The minimum atomic E-state index is -0.187. The number of rotatable bonds is 2. The molecule has 0 bridgehead atoms. The van der Waals surface area contributed by atoms with Crippen molar-refractivity contribution in [3.63, 3.8) is 0 Å². The van der Waals surface area contributed by atoms with Crippen molar-refractivity contribution in [3.8, 4) is 0 Å². The van der Waals surface area contributed by atoms with Crippen molar-refractivity contribution in [2.45, 2.75) is 27.7 Å². The Hall–Kier alpha value is -1.15. The van der Waals surface area contributed by atoms with Crippen molar-refractivity contribution in [2.75, 3.05) is 0 Å². The van der Waals surface area contributed by atoms with Crippen LogP contribution in [0, 0.1) is 0 Å². The summed E-state index contributed by atoms with van der Waals surface area (Å²) in [4.78, 5) is 20.0. The summed E-state index contributed by atoms with van der Waals surface area (Å²) in [6, 6.07) is 0. The molecule has 7 heteroatoms. The van der Waals surface area contributed by atoms with Crippen molar-refractivity contribution < 1.29 is 47.5 Å². The summed E-state index contributed by atoms with van der Waals surface area (Å²) in [7, 11) is 0. The molecule has 0 aromatic heterocycles. The molecule has 0 heterocycles. The third kappa shape index (κ3) is 52.3. The number of ketones is 2. The zero-order valence-corrected chi connectivity index (χ0v) is 11.2. The Kier molecular flexibility index (Phi) is 30.1. The van der Waals surface area contributed by atoms with E-state index in [1.165, 1.54) is 27.7 Å². The summed E-state index contributed by atoms with van der Waals surface area (Å²) in [5, 5.41) is 20.0. The van der Waals surface area contributed by atoms with E-state index < -0.39 is 0 Å². The molecule has 0 aliphatic carbocycles. The Labute approximate surface area is 111 Å². The Morgan fingerprint density at radius 2 is 0.941 bits per heavy atom. The maximum atomic E-state index is 9.98. The van der Waals surface area contributed by atoms with Crippen molar-refractivity contribution in [1.29, 1.82) is 0 Å². The largest absolute Gasteiger partial charge is 0.876 e. The average Bonchev–Trinajstić information content (AvgIpc) is 1.79. The van der Waals surface area contributed by atoms with E-state index in [2.05, 4.69) is 0 Å². The molecule has 0 saturated heterocycles. The number of hydrogen-bond acceptors (Lipinski definition) is 4. The van der Waals surface area contributed by atoms with Crippen LogP contribution < -0.4 is 10.2 Å². The van der Waals surface area contributed by atoms with E-state index in [4.69, 9.17) is 0 Å². The number of hydrogen-bond donors (Lipinski definition) is 0. The fourth-order valence-corrected chi connectivity index (χ4v) is 0.572. The Morgan fingerprint density at radius 3 is 0.941 bits per heavy atom. The summed E-state index contributed by atoms with van der Waals surface area (Å²) in [5.41, 5.74) is 0. The van der Waals surface area contributed by atoms with Gasteiger partial charge in [0, 0.05) is 16.8 Å². The van der Waals surface area contributed by atoms with Crippen molar-refractivity contribution >= 4 is 11.6 Å². The molecule has 0 aromatic carbocycles. The van der Waals surface area contributed by atoms with E-state index >= 15 is 0 Å². The van der Waals surface area contributed by atoms with Gasteiger partial charge in [0.15, 0.2) is 11.6 Å². The summed E-state index contributed by atoms with van der Waals surface area (Å²) in [6.07, 6.45) is 2.11. The molecule has 1 radical (unpaired) electrons.